The zero-order valence-electron chi connectivity index (χ0n) is 14.4. The highest BCUT2D eigenvalue weighted by Gasteiger charge is 2.09. The summed E-state index contributed by atoms with van der Waals surface area (Å²) in [4.78, 5) is 6.81. The van der Waals surface area contributed by atoms with Crippen molar-refractivity contribution in [2.75, 3.05) is 39.8 Å². The van der Waals surface area contributed by atoms with Crippen LogP contribution >= 0.6 is 24.0 Å². The molecule has 0 spiro atoms. The standard InChI is InChI=1S/C16H30N6.HI/c1-17-16(19-9-12-22-10-4-3-5-11-22)18-8-6-7-15-13-20-21(2)14-15;/h13-14H,3-12H2,1-2H3,(H2,17,18,19);1H. The van der Waals surface area contributed by atoms with Crippen molar-refractivity contribution >= 4 is 29.9 Å². The Morgan fingerprint density at radius 3 is 2.61 bits per heavy atom. The van der Waals surface area contributed by atoms with Gasteiger partial charge in [-0.3, -0.25) is 9.67 Å². The third-order valence-electron chi connectivity index (χ3n) is 4.09. The molecule has 132 valence electrons. The molecule has 2 rings (SSSR count). The van der Waals surface area contributed by atoms with Gasteiger partial charge in [0.2, 0.25) is 0 Å². The highest BCUT2D eigenvalue weighted by Crippen LogP contribution is 2.07. The first kappa shape index (κ1) is 20.2. The average molecular weight is 434 g/mol. The lowest BCUT2D eigenvalue weighted by molar-refractivity contribution is 0.232. The monoisotopic (exact) mass is 434 g/mol. The number of hydrogen-bond donors (Lipinski definition) is 2. The van der Waals surface area contributed by atoms with Gasteiger partial charge in [-0.25, -0.2) is 0 Å². The van der Waals surface area contributed by atoms with Crippen molar-refractivity contribution in [1.82, 2.24) is 25.3 Å². The number of aromatic nitrogens is 2. The van der Waals surface area contributed by atoms with Crippen LogP contribution in [0.1, 0.15) is 31.2 Å². The van der Waals surface area contributed by atoms with E-state index in [-0.39, 0.29) is 24.0 Å². The van der Waals surface area contributed by atoms with Crippen molar-refractivity contribution in [3.63, 3.8) is 0 Å². The number of hydrogen-bond acceptors (Lipinski definition) is 3. The average Bonchev–Trinajstić information content (AvgIpc) is 2.96. The Bertz CT molecular complexity index is 453. The first-order valence-electron chi connectivity index (χ1n) is 8.42. The summed E-state index contributed by atoms with van der Waals surface area (Å²) in [6, 6.07) is 0. The fourth-order valence-corrected chi connectivity index (χ4v) is 2.84. The van der Waals surface area contributed by atoms with Gasteiger partial charge in [0.15, 0.2) is 5.96 Å². The van der Waals surface area contributed by atoms with E-state index in [1.807, 2.05) is 25.0 Å². The molecular weight excluding hydrogens is 403 g/mol. The molecule has 0 amide bonds. The number of guanidine groups is 1. The summed E-state index contributed by atoms with van der Waals surface area (Å²) in [6.45, 7) is 5.49. The van der Waals surface area contributed by atoms with Crippen LogP contribution in [0, 0.1) is 0 Å². The van der Waals surface area contributed by atoms with Gasteiger partial charge in [0.25, 0.3) is 0 Å². The van der Waals surface area contributed by atoms with Crippen LogP contribution in [0.4, 0.5) is 0 Å². The molecule has 2 N–H and O–H groups in total. The molecule has 1 aliphatic rings. The van der Waals surface area contributed by atoms with E-state index in [2.05, 4.69) is 31.8 Å². The normalized spacial score (nSPS) is 16.0. The third-order valence-corrected chi connectivity index (χ3v) is 4.09. The zero-order chi connectivity index (χ0) is 15.6. The van der Waals surface area contributed by atoms with Crippen molar-refractivity contribution < 1.29 is 0 Å². The molecule has 1 aromatic rings. The molecule has 0 saturated carbocycles. The quantitative estimate of drug-likeness (QED) is 0.297. The molecule has 23 heavy (non-hydrogen) atoms. The van der Waals surface area contributed by atoms with Crippen LogP contribution < -0.4 is 10.6 Å². The number of likely N-dealkylation sites (tertiary alicyclic amines) is 1. The molecule has 1 aliphatic heterocycles. The summed E-state index contributed by atoms with van der Waals surface area (Å²) in [5.74, 6) is 0.906. The van der Waals surface area contributed by atoms with Gasteiger partial charge < -0.3 is 15.5 Å². The minimum Gasteiger partial charge on any atom is -0.356 e. The summed E-state index contributed by atoms with van der Waals surface area (Å²) in [5, 5.41) is 11.0. The molecule has 1 fully saturated rings. The van der Waals surface area contributed by atoms with Gasteiger partial charge >= 0.3 is 0 Å². The van der Waals surface area contributed by atoms with Gasteiger partial charge in [-0.15, -0.1) is 24.0 Å². The molecule has 1 saturated heterocycles. The van der Waals surface area contributed by atoms with Crippen molar-refractivity contribution in [2.24, 2.45) is 12.0 Å². The molecular formula is C16H31IN6. The van der Waals surface area contributed by atoms with Crippen molar-refractivity contribution in [1.29, 1.82) is 0 Å². The topological polar surface area (TPSA) is 57.5 Å². The molecule has 0 unspecified atom stereocenters. The summed E-state index contributed by atoms with van der Waals surface area (Å²) in [6.07, 6.45) is 10.2. The maximum atomic E-state index is 4.28. The molecule has 1 aromatic heterocycles. The smallest absolute Gasteiger partial charge is 0.191 e. The lowest BCUT2D eigenvalue weighted by atomic mass is 10.1. The van der Waals surface area contributed by atoms with E-state index in [0.717, 1.165) is 38.4 Å². The highest BCUT2D eigenvalue weighted by molar-refractivity contribution is 14.0. The molecule has 7 heteroatoms. The Balaban J connectivity index is 0.00000264. The van der Waals surface area contributed by atoms with Crippen molar-refractivity contribution in [3.05, 3.63) is 18.0 Å². The van der Waals surface area contributed by atoms with E-state index in [1.165, 1.54) is 37.9 Å². The second-order valence-corrected chi connectivity index (χ2v) is 5.95. The molecule has 0 radical (unpaired) electrons. The van der Waals surface area contributed by atoms with Gasteiger partial charge in [0.1, 0.15) is 0 Å². The zero-order valence-corrected chi connectivity index (χ0v) is 16.8. The highest BCUT2D eigenvalue weighted by atomic mass is 127. The SMILES string of the molecule is CN=C(NCCCc1cnn(C)c1)NCCN1CCCCC1.I. The van der Waals surface area contributed by atoms with Gasteiger partial charge in [0, 0.05) is 39.9 Å². The predicted octanol–water partition coefficient (Wildman–Crippen LogP) is 1.62. The molecule has 2 heterocycles. The Hall–Kier alpha value is -0.830. The van der Waals surface area contributed by atoms with E-state index < -0.39 is 0 Å². The van der Waals surface area contributed by atoms with E-state index >= 15 is 0 Å². The van der Waals surface area contributed by atoms with Crippen molar-refractivity contribution in [2.45, 2.75) is 32.1 Å². The Morgan fingerprint density at radius 2 is 1.96 bits per heavy atom. The molecule has 0 aromatic carbocycles. The minimum absolute atomic E-state index is 0. The third kappa shape index (κ3) is 8.01. The van der Waals surface area contributed by atoms with E-state index in [1.54, 1.807) is 0 Å². The minimum atomic E-state index is 0. The molecule has 0 atom stereocenters. The number of aliphatic imine (C=N–C) groups is 1. The first-order valence-corrected chi connectivity index (χ1v) is 8.42. The summed E-state index contributed by atoms with van der Waals surface area (Å²) in [7, 11) is 3.78. The van der Waals surface area contributed by atoms with Gasteiger partial charge in [-0.2, -0.15) is 5.10 Å². The number of rotatable bonds is 7. The number of nitrogens with one attached hydrogen (secondary N) is 2. The van der Waals surface area contributed by atoms with Gasteiger partial charge in [-0.05, 0) is 44.3 Å². The Morgan fingerprint density at radius 1 is 1.22 bits per heavy atom. The second kappa shape index (κ2) is 11.7. The van der Waals surface area contributed by atoms with E-state index in [0.29, 0.717) is 0 Å². The van der Waals surface area contributed by atoms with E-state index in [9.17, 15) is 0 Å². The number of aryl methyl sites for hydroxylation is 2. The van der Waals surface area contributed by atoms with Crippen LogP contribution in [-0.4, -0.2) is 60.4 Å². The number of piperidine rings is 1. The van der Waals surface area contributed by atoms with Gasteiger partial charge in [-0.1, -0.05) is 6.42 Å². The molecule has 0 bridgehead atoms. The molecule has 6 nitrogen and oxygen atoms in total. The number of halogens is 1. The first-order chi connectivity index (χ1) is 10.8. The van der Waals surface area contributed by atoms with Gasteiger partial charge in [0.05, 0.1) is 6.20 Å². The number of nitrogens with zero attached hydrogens (tertiary/aromatic N) is 4. The maximum absolute atomic E-state index is 4.28. The lowest BCUT2D eigenvalue weighted by Crippen LogP contribution is -2.42. The van der Waals surface area contributed by atoms with Crippen LogP contribution in [0.2, 0.25) is 0 Å². The maximum Gasteiger partial charge on any atom is 0.191 e. The van der Waals surface area contributed by atoms with Crippen LogP contribution in [0.3, 0.4) is 0 Å². The lowest BCUT2D eigenvalue weighted by Gasteiger charge is -2.26. The summed E-state index contributed by atoms with van der Waals surface area (Å²) in [5.41, 5.74) is 1.29. The summed E-state index contributed by atoms with van der Waals surface area (Å²) < 4.78 is 1.85. The Labute approximate surface area is 157 Å². The fourth-order valence-electron chi connectivity index (χ4n) is 2.84. The summed E-state index contributed by atoms with van der Waals surface area (Å²) >= 11 is 0. The molecule has 0 aliphatic carbocycles. The van der Waals surface area contributed by atoms with E-state index in [4.69, 9.17) is 0 Å². The van der Waals surface area contributed by atoms with Crippen LogP contribution in [0.5, 0.6) is 0 Å². The second-order valence-electron chi connectivity index (χ2n) is 5.95. The van der Waals surface area contributed by atoms with Crippen LogP contribution in [0.25, 0.3) is 0 Å². The Kier molecular flexibility index (Phi) is 10.3. The fraction of sp³-hybridized carbons (Fsp3) is 0.750. The van der Waals surface area contributed by atoms with Crippen molar-refractivity contribution in [3.8, 4) is 0 Å². The van der Waals surface area contributed by atoms with Crippen LogP contribution in [-0.2, 0) is 13.5 Å². The largest absolute Gasteiger partial charge is 0.356 e. The van der Waals surface area contributed by atoms with Crippen LogP contribution in [0.15, 0.2) is 17.4 Å². The predicted molar refractivity (Wildman–Crippen MR) is 107 cm³/mol.